The van der Waals surface area contributed by atoms with Crippen LogP contribution in [0.3, 0.4) is 0 Å². The fraction of sp³-hybridized carbons (Fsp3) is 0.400. The number of nitrogens with one attached hydrogen (secondary N) is 1. The van der Waals surface area contributed by atoms with E-state index in [-0.39, 0.29) is 42.9 Å². The molecule has 0 aromatic heterocycles. The molecule has 0 bridgehead atoms. The van der Waals surface area contributed by atoms with Gasteiger partial charge in [-0.2, -0.15) is 13.2 Å². The van der Waals surface area contributed by atoms with Gasteiger partial charge in [0.1, 0.15) is 23.9 Å². The molecule has 0 radical (unpaired) electrons. The average Bonchev–Trinajstić information content (AvgIpc) is 2.97. The van der Waals surface area contributed by atoms with E-state index in [2.05, 4.69) is 21.2 Å². The van der Waals surface area contributed by atoms with Crippen LogP contribution in [0.2, 0.25) is 15.1 Å². The van der Waals surface area contributed by atoms with Crippen molar-refractivity contribution in [3.05, 3.63) is 74.7 Å². The summed E-state index contributed by atoms with van der Waals surface area (Å²) in [6, 6.07) is 13.7. The molecule has 43 heavy (non-hydrogen) atoms. The largest absolute Gasteiger partial charge is 0.493 e. The molecular formula is C30H32BrCl3F3NO5. The Hall–Kier alpha value is -1.92. The molecule has 0 aliphatic rings. The molecule has 0 spiro atoms. The zero-order valence-corrected chi connectivity index (χ0v) is 27.1. The zero-order chi connectivity index (χ0) is 31.6. The van der Waals surface area contributed by atoms with E-state index in [0.29, 0.717) is 44.7 Å². The molecule has 6 nitrogen and oxygen atoms in total. The van der Waals surface area contributed by atoms with Crippen LogP contribution >= 0.6 is 50.7 Å². The van der Waals surface area contributed by atoms with Crippen LogP contribution in [0.5, 0.6) is 17.2 Å². The van der Waals surface area contributed by atoms with Crippen LogP contribution in [0.25, 0.3) is 11.1 Å². The lowest BCUT2D eigenvalue weighted by atomic mass is 10.0. The Morgan fingerprint density at radius 3 is 2.12 bits per heavy atom. The third-order valence-electron chi connectivity index (χ3n) is 6.41. The first-order valence-corrected chi connectivity index (χ1v) is 15.5. The third-order valence-corrected chi connectivity index (χ3v) is 8.10. The van der Waals surface area contributed by atoms with Crippen molar-refractivity contribution < 1.29 is 37.6 Å². The number of rotatable bonds is 16. The SMILES string of the molecule is CC(CO)(CO)NCc1cc(Cl)c(OCc2cccc(-c3cccc(OCCCBr)c3Cl)c2Cl)cc1OCCC(F)(F)F. The summed E-state index contributed by atoms with van der Waals surface area (Å²) < 4.78 is 55.6. The van der Waals surface area contributed by atoms with Gasteiger partial charge >= 0.3 is 6.18 Å². The van der Waals surface area contributed by atoms with Gasteiger partial charge in [-0.15, -0.1) is 0 Å². The van der Waals surface area contributed by atoms with Gasteiger partial charge in [0.15, 0.2) is 0 Å². The van der Waals surface area contributed by atoms with Gasteiger partial charge in [0.25, 0.3) is 0 Å². The van der Waals surface area contributed by atoms with Gasteiger partial charge in [-0.05, 0) is 25.5 Å². The lowest BCUT2D eigenvalue weighted by molar-refractivity contribution is -0.139. The minimum absolute atomic E-state index is 0.0157. The second kappa shape index (κ2) is 16.4. The monoisotopic (exact) mass is 727 g/mol. The summed E-state index contributed by atoms with van der Waals surface area (Å²) in [6.45, 7) is 0.752. The molecule has 0 aliphatic carbocycles. The fourth-order valence-electron chi connectivity index (χ4n) is 3.83. The van der Waals surface area contributed by atoms with Crippen molar-refractivity contribution in [3.8, 4) is 28.4 Å². The smallest absolute Gasteiger partial charge is 0.392 e. The van der Waals surface area contributed by atoms with Crippen LogP contribution in [0.15, 0.2) is 48.5 Å². The molecule has 236 valence electrons. The van der Waals surface area contributed by atoms with Crippen molar-refractivity contribution in [1.29, 1.82) is 0 Å². The molecule has 0 amide bonds. The maximum Gasteiger partial charge on any atom is 0.392 e. The summed E-state index contributed by atoms with van der Waals surface area (Å²) in [6.07, 6.45) is -4.74. The summed E-state index contributed by atoms with van der Waals surface area (Å²) in [4.78, 5) is 0. The number of ether oxygens (including phenoxy) is 3. The summed E-state index contributed by atoms with van der Waals surface area (Å²) in [5.41, 5.74) is 1.34. The van der Waals surface area contributed by atoms with Gasteiger partial charge in [0.05, 0.1) is 53.5 Å². The maximum atomic E-state index is 12.8. The molecule has 3 N–H and O–H groups in total. The second-order valence-electron chi connectivity index (χ2n) is 9.91. The zero-order valence-electron chi connectivity index (χ0n) is 23.2. The number of aliphatic hydroxyl groups is 2. The van der Waals surface area contributed by atoms with E-state index in [1.807, 2.05) is 18.2 Å². The van der Waals surface area contributed by atoms with Gasteiger partial charge in [0, 0.05) is 40.2 Å². The highest BCUT2D eigenvalue weighted by molar-refractivity contribution is 9.09. The number of alkyl halides is 4. The predicted octanol–water partition coefficient (Wildman–Crippen LogP) is 8.22. The van der Waals surface area contributed by atoms with E-state index in [1.54, 1.807) is 25.1 Å². The first-order chi connectivity index (χ1) is 20.4. The third kappa shape index (κ3) is 10.3. The van der Waals surface area contributed by atoms with E-state index >= 15 is 0 Å². The minimum Gasteiger partial charge on any atom is -0.493 e. The van der Waals surface area contributed by atoms with Crippen molar-refractivity contribution in [2.24, 2.45) is 0 Å². The number of aliphatic hydroxyl groups excluding tert-OH is 2. The second-order valence-corrected chi connectivity index (χ2v) is 11.9. The number of hydrogen-bond acceptors (Lipinski definition) is 6. The van der Waals surface area contributed by atoms with Crippen molar-refractivity contribution in [3.63, 3.8) is 0 Å². The topological polar surface area (TPSA) is 80.2 Å². The Kier molecular flexibility index (Phi) is 13.6. The first-order valence-electron chi connectivity index (χ1n) is 13.3. The Labute approximate surface area is 272 Å². The van der Waals surface area contributed by atoms with Gasteiger partial charge in [0.2, 0.25) is 0 Å². The molecule has 0 fully saturated rings. The van der Waals surface area contributed by atoms with Crippen LogP contribution in [0, 0.1) is 0 Å². The molecule has 0 saturated heterocycles. The fourth-order valence-corrected chi connectivity index (χ4v) is 4.86. The Bertz CT molecular complexity index is 1360. The van der Waals surface area contributed by atoms with Crippen LogP contribution in [0.4, 0.5) is 13.2 Å². The number of hydrogen-bond donors (Lipinski definition) is 3. The highest BCUT2D eigenvalue weighted by Gasteiger charge is 2.28. The summed E-state index contributed by atoms with van der Waals surface area (Å²) in [5.74, 6) is 0.814. The molecular weight excluding hydrogens is 698 g/mol. The van der Waals surface area contributed by atoms with Crippen LogP contribution < -0.4 is 19.5 Å². The quantitative estimate of drug-likeness (QED) is 0.102. The van der Waals surface area contributed by atoms with Gasteiger partial charge < -0.3 is 29.7 Å². The first kappa shape index (κ1) is 35.6. The minimum atomic E-state index is -4.40. The summed E-state index contributed by atoms with van der Waals surface area (Å²) in [5, 5.41) is 23.9. The lowest BCUT2D eigenvalue weighted by Crippen LogP contribution is -2.48. The highest BCUT2D eigenvalue weighted by atomic mass is 79.9. The van der Waals surface area contributed by atoms with Crippen LogP contribution in [-0.4, -0.2) is 53.7 Å². The molecule has 0 unspecified atom stereocenters. The Morgan fingerprint density at radius 1 is 0.814 bits per heavy atom. The van der Waals surface area contributed by atoms with Gasteiger partial charge in [-0.3, -0.25) is 0 Å². The van der Waals surface area contributed by atoms with Crippen LogP contribution in [0.1, 0.15) is 30.9 Å². The van der Waals surface area contributed by atoms with E-state index in [9.17, 15) is 23.4 Å². The van der Waals surface area contributed by atoms with Gasteiger partial charge in [-0.1, -0.05) is 81.1 Å². The summed E-state index contributed by atoms with van der Waals surface area (Å²) >= 11 is 23.3. The Balaban J connectivity index is 1.85. The van der Waals surface area contributed by atoms with E-state index in [0.717, 1.165) is 11.8 Å². The molecule has 0 atom stereocenters. The summed E-state index contributed by atoms with van der Waals surface area (Å²) in [7, 11) is 0. The molecule has 3 rings (SSSR count). The van der Waals surface area contributed by atoms with E-state index in [1.165, 1.54) is 12.1 Å². The van der Waals surface area contributed by atoms with Crippen molar-refractivity contribution in [2.75, 3.05) is 31.8 Å². The predicted molar refractivity (Wildman–Crippen MR) is 167 cm³/mol. The molecule has 3 aromatic rings. The molecule has 0 aliphatic heterocycles. The highest BCUT2D eigenvalue weighted by Crippen LogP contribution is 2.40. The average molecular weight is 730 g/mol. The van der Waals surface area contributed by atoms with Crippen molar-refractivity contribution in [2.45, 2.75) is 44.6 Å². The van der Waals surface area contributed by atoms with E-state index < -0.39 is 24.7 Å². The lowest BCUT2D eigenvalue weighted by Gasteiger charge is -2.27. The van der Waals surface area contributed by atoms with Gasteiger partial charge in [-0.25, -0.2) is 0 Å². The maximum absolute atomic E-state index is 12.8. The number of benzene rings is 3. The van der Waals surface area contributed by atoms with Crippen molar-refractivity contribution in [1.82, 2.24) is 5.32 Å². The molecule has 0 saturated carbocycles. The molecule has 3 aromatic carbocycles. The van der Waals surface area contributed by atoms with Crippen molar-refractivity contribution >= 4 is 50.7 Å². The molecule has 13 heteroatoms. The normalized spacial score (nSPS) is 12.0. The Morgan fingerprint density at radius 2 is 1.47 bits per heavy atom. The molecule has 0 heterocycles. The van der Waals surface area contributed by atoms with Crippen LogP contribution in [-0.2, 0) is 13.2 Å². The van der Waals surface area contributed by atoms with E-state index in [4.69, 9.17) is 49.0 Å². The number of halogens is 7. The standard InChI is InChI=1S/C30H32BrCl3F3NO5/c1-29(17-39,18-40)38-15-20-13-23(32)26(14-25(20)42-12-9-30(35,36)37)43-16-19-5-2-6-21(27(19)33)22-7-3-8-24(28(22)34)41-11-4-10-31/h2-3,5-8,13-14,38-40H,4,9-12,15-18H2,1H3.